The molecule has 4 nitrogen and oxygen atoms in total. The van der Waals surface area contributed by atoms with Crippen molar-refractivity contribution in [3.05, 3.63) is 65.7 Å². The van der Waals surface area contributed by atoms with Gasteiger partial charge in [0.1, 0.15) is 0 Å². The summed E-state index contributed by atoms with van der Waals surface area (Å²) >= 11 is 1.80. The molecule has 1 saturated heterocycles. The number of benzene rings is 2. The van der Waals surface area contributed by atoms with Crippen molar-refractivity contribution in [3.63, 3.8) is 0 Å². The lowest BCUT2D eigenvalue weighted by atomic mass is 10.1. The standard InChI is InChI=1S/C20H24N2O2S/c23-20(21-10-11-22-12-14-24-15-13-22)18-8-6-17(7-9-18)16-25-19-4-2-1-3-5-19/h1-9H,10-16H2,(H,21,23). The van der Waals surface area contributed by atoms with E-state index in [0.29, 0.717) is 6.54 Å². The van der Waals surface area contributed by atoms with E-state index in [4.69, 9.17) is 4.74 Å². The van der Waals surface area contributed by atoms with Gasteiger partial charge in [-0.05, 0) is 29.8 Å². The van der Waals surface area contributed by atoms with E-state index in [0.717, 1.165) is 44.2 Å². The number of rotatable bonds is 7. The molecule has 0 spiro atoms. The Kier molecular flexibility index (Phi) is 6.91. The van der Waals surface area contributed by atoms with Gasteiger partial charge in [0.25, 0.3) is 5.91 Å². The predicted molar refractivity (Wildman–Crippen MR) is 102 cm³/mol. The van der Waals surface area contributed by atoms with Crippen molar-refractivity contribution in [2.75, 3.05) is 39.4 Å². The van der Waals surface area contributed by atoms with Crippen LogP contribution >= 0.6 is 11.8 Å². The smallest absolute Gasteiger partial charge is 0.251 e. The van der Waals surface area contributed by atoms with Gasteiger partial charge in [-0.15, -0.1) is 11.8 Å². The normalized spacial score (nSPS) is 15.0. The third kappa shape index (κ3) is 5.88. The quantitative estimate of drug-likeness (QED) is 0.774. The summed E-state index contributed by atoms with van der Waals surface area (Å²) in [5, 5.41) is 3.00. The Hall–Kier alpha value is -1.82. The van der Waals surface area contributed by atoms with Crippen LogP contribution in [0.2, 0.25) is 0 Å². The molecule has 3 rings (SSSR count). The van der Waals surface area contributed by atoms with Gasteiger partial charge in [-0.3, -0.25) is 9.69 Å². The molecule has 0 unspecified atom stereocenters. The lowest BCUT2D eigenvalue weighted by molar-refractivity contribution is 0.0383. The zero-order chi connectivity index (χ0) is 17.3. The molecule has 25 heavy (non-hydrogen) atoms. The molecule has 1 amide bonds. The highest BCUT2D eigenvalue weighted by Crippen LogP contribution is 2.22. The van der Waals surface area contributed by atoms with E-state index in [-0.39, 0.29) is 5.91 Å². The second kappa shape index (κ2) is 9.61. The molecule has 0 aliphatic carbocycles. The highest BCUT2D eigenvalue weighted by molar-refractivity contribution is 7.98. The largest absolute Gasteiger partial charge is 0.379 e. The maximum atomic E-state index is 12.2. The number of hydrogen-bond acceptors (Lipinski definition) is 4. The fraction of sp³-hybridized carbons (Fsp3) is 0.350. The summed E-state index contributed by atoms with van der Waals surface area (Å²) in [6, 6.07) is 18.2. The zero-order valence-corrected chi connectivity index (χ0v) is 15.1. The van der Waals surface area contributed by atoms with Crippen LogP contribution < -0.4 is 5.32 Å². The fourth-order valence-electron chi connectivity index (χ4n) is 2.69. The molecule has 0 saturated carbocycles. The van der Waals surface area contributed by atoms with E-state index >= 15 is 0 Å². The maximum absolute atomic E-state index is 12.2. The average Bonchev–Trinajstić information content (AvgIpc) is 2.68. The minimum absolute atomic E-state index is 0.00415. The molecule has 1 fully saturated rings. The van der Waals surface area contributed by atoms with Crippen LogP contribution in [0.3, 0.4) is 0 Å². The van der Waals surface area contributed by atoms with Gasteiger partial charge in [0.15, 0.2) is 0 Å². The molecular formula is C20H24N2O2S. The number of carbonyl (C=O) groups is 1. The monoisotopic (exact) mass is 356 g/mol. The molecule has 1 heterocycles. The summed E-state index contributed by atoms with van der Waals surface area (Å²) in [6.45, 7) is 5.02. The maximum Gasteiger partial charge on any atom is 0.251 e. The second-order valence-electron chi connectivity index (χ2n) is 6.01. The van der Waals surface area contributed by atoms with Crippen molar-refractivity contribution in [2.45, 2.75) is 10.6 Å². The Morgan fingerprint density at radius 3 is 2.48 bits per heavy atom. The third-order valence-electron chi connectivity index (χ3n) is 4.18. The van der Waals surface area contributed by atoms with E-state index in [1.807, 2.05) is 42.5 Å². The van der Waals surface area contributed by atoms with E-state index in [2.05, 4.69) is 22.3 Å². The van der Waals surface area contributed by atoms with Crippen LogP contribution in [0.25, 0.3) is 0 Å². The minimum Gasteiger partial charge on any atom is -0.379 e. The van der Waals surface area contributed by atoms with E-state index < -0.39 is 0 Å². The molecule has 0 bridgehead atoms. The van der Waals surface area contributed by atoms with Gasteiger partial charge in [0.05, 0.1) is 13.2 Å². The molecule has 0 radical (unpaired) electrons. The topological polar surface area (TPSA) is 41.6 Å². The number of nitrogens with zero attached hydrogens (tertiary/aromatic N) is 1. The minimum atomic E-state index is -0.00415. The number of morpholine rings is 1. The van der Waals surface area contributed by atoms with Crippen LogP contribution in [0.4, 0.5) is 0 Å². The SMILES string of the molecule is O=C(NCCN1CCOCC1)c1ccc(CSc2ccccc2)cc1. The van der Waals surface area contributed by atoms with Gasteiger partial charge in [-0.2, -0.15) is 0 Å². The van der Waals surface area contributed by atoms with Crippen LogP contribution in [0, 0.1) is 0 Å². The van der Waals surface area contributed by atoms with E-state index in [1.54, 1.807) is 11.8 Å². The Morgan fingerprint density at radius 1 is 1.04 bits per heavy atom. The van der Waals surface area contributed by atoms with Gasteiger partial charge in [0, 0.05) is 42.4 Å². The number of nitrogens with one attached hydrogen (secondary N) is 1. The van der Waals surface area contributed by atoms with Gasteiger partial charge < -0.3 is 10.1 Å². The number of thioether (sulfide) groups is 1. The van der Waals surface area contributed by atoms with E-state index in [1.165, 1.54) is 10.5 Å². The lowest BCUT2D eigenvalue weighted by Crippen LogP contribution is -2.41. The predicted octanol–water partition coefficient (Wildman–Crippen LogP) is 3.04. The van der Waals surface area contributed by atoms with Gasteiger partial charge in [-0.25, -0.2) is 0 Å². The highest BCUT2D eigenvalue weighted by atomic mass is 32.2. The Labute approximate surface area is 153 Å². The third-order valence-corrected chi connectivity index (χ3v) is 5.27. The van der Waals surface area contributed by atoms with Crippen molar-refractivity contribution in [3.8, 4) is 0 Å². The first-order valence-corrected chi connectivity index (χ1v) is 9.65. The van der Waals surface area contributed by atoms with Crippen molar-refractivity contribution in [1.82, 2.24) is 10.2 Å². The summed E-state index contributed by atoms with van der Waals surface area (Å²) in [7, 11) is 0. The van der Waals surface area contributed by atoms with Crippen molar-refractivity contribution < 1.29 is 9.53 Å². The first kappa shape index (κ1) is 18.0. The van der Waals surface area contributed by atoms with Crippen LogP contribution in [-0.4, -0.2) is 50.2 Å². The van der Waals surface area contributed by atoms with Crippen molar-refractivity contribution in [1.29, 1.82) is 0 Å². The molecule has 5 heteroatoms. The molecule has 2 aromatic carbocycles. The molecule has 0 atom stereocenters. The number of hydrogen-bond donors (Lipinski definition) is 1. The Balaban J connectivity index is 1.42. The molecule has 2 aromatic rings. The first-order chi connectivity index (χ1) is 12.3. The number of carbonyl (C=O) groups excluding carboxylic acids is 1. The van der Waals surface area contributed by atoms with Crippen molar-refractivity contribution >= 4 is 17.7 Å². The van der Waals surface area contributed by atoms with Gasteiger partial charge in [-0.1, -0.05) is 30.3 Å². The lowest BCUT2D eigenvalue weighted by Gasteiger charge is -2.26. The van der Waals surface area contributed by atoms with E-state index in [9.17, 15) is 4.79 Å². The Morgan fingerprint density at radius 2 is 1.76 bits per heavy atom. The molecule has 1 aliphatic heterocycles. The number of amides is 1. The molecule has 1 aliphatic rings. The fourth-order valence-corrected chi connectivity index (χ4v) is 3.57. The summed E-state index contributed by atoms with van der Waals surface area (Å²) < 4.78 is 5.32. The second-order valence-corrected chi connectivity index (χ2v) is 7.06. The van der Waals surface area contributed by atoms with Crippen LogP contribution in [0.1, 0.15) is 15.9 Å². The number of ether oxygens (including phenoxy) is 1. The summed E-state index contributed by atoms with van der Waals surface area (Å²) in [4.78, 5) is 15.8. The summed E-state index contributed by atoms with van der Waals surface area (Å²) in [6.07, 6.45) is 0. The average molecular weight is 356 g/mol. The molecule has 0 aromatic heterocycles. The molecular weight excluding hydrogens is 332 g/mol. The van der Waals surface area contributed by atoms with Crippen molar-refractivity contribution in [2.24, 2.45) is 0 Å². The first-order valence-electron chi connectivity index (χ1n) is 8.66. The van der Waals surface area contributed by atoms with Crippen LogP contribution in [0.15, 0.2) is 59.5 Å². The van der Waals surface area contributed by atoms with Gasteiger partial charge >= 0.3 is 0 Å². The molecule has 1 N–H and O–H groups in total. The molecule has 132 valence electrons. The Bertz CT molecular complexity index is 655. The summed E-state index contributed by atoms with van der Waals surface area (Å²) in [5.41, 5.74) is 1.94. The summed E-state index contributed by atoms with van der Waals surface area (Å²) in [5.74, 6) is 0.902. The highest BCUT2D eigenvalue weighted by Gasteiger charge is 2.11. The van der Waals surface area contributed by atoms with Gasteiger partial charge in [0.2, 0.25) is 0 Å². The van der Waals surface area contributed by atoms with Crippen LogP contribution in [0.5, 0.6) is 0 Å². The van der Waals surface area contributed by atoms with Crippen LogP contribution in [-0.2, 0) is 10.5 Å². The zero-order valence-electron chi connectivity index (χ0n) is 14.3.